The molecule has 1 amide bonds. The number of hydrogen-bond acceptors (Lipinski definition) is 4. The van der Waals surface area contributed by atoms with Gasteiger partial charge in [-0.2, -0.15) is 8.42 Å². The third-order valence-electron chi connectivity index (χ3n) is 4.79. The Morgan fingerprint density at radius 2 is 1.96 bits per heavy atom. The van der Waals surface area contributed by atoms with Crippen molar-refractivity contribution >= 4 is 44.7 Å². The summed E-state index contributed by atoms with van der Waals surface area (Å²) in [4.78, 5) is 14.4. The van der Waals surface area contributed by atoms with Crippen LogP contribution in [0.2, 0.25) is 5.02 Å². The Morgan fingerprint density at radius 3 is 2.75 bits per heavy atom. The van der Waals surface area contributed by atoms with E-state index < -0.39 is 21.7 Å². The Kier molecular flexibility index (Phi) is 4.84. The van der Waals surface area contributed by atoms with Gasteiger partial charge in [0, 0.05) is 23.6 Å². The molecule has 9 heteroatoms. The van der Waals surface area contributed by atoms with E-state index in [2.05, 4.69) is 9.71 Å². The number of sulfonamides is 1. The second-order valence-corrected chi connectivity index (χ2v) is 8.71. The summed E-state index contributed by atoms with van der Waals surface area (Å²) in [6.07, 6.45) is 3.46. The molecule has 1 fully saturated rings. The van der Waals surface area contributed by atoms with Crippen LogP contribution in [0.5, 0.6) is 0 Å². The van der Waals surface area contributed by atoms with Gasteiger partial charge in [-0.15, -0.1) is 4.40 Å². The smallest absolute Gasteiger partial charge is 0.286 e. The number of nitrogens with zero attached hydrogens (tertiary/aromatic N) is 2. The van der Waals surface area contributed by atoms with E-state index in [0.29, 0.717) is 24.5 Å². The minimum Gasteiger partial charge on any atom is -0.328 e. The van der Waals surface area contributed by atoms with Gasteiger partial charge in [-0.1, -0.05) is 18.0 Å². The lowest BCUT2D eigenvalue weighted by Gasteiger charge is -2.29. The number of benzene rings is 2. The maximum Gasteiger partial charge on any atom is 0.286 e. The van der Waals surface area contributed by atoms with Crippen molar-refractivity contribution < 1.29 is 17.6 Å². The van der Waals surface area contributed by atoms with Gasteiger partial charge in [0.2, 0.25) is 0 Å². The number of amidine groups is 1. The van der Waals surface area contributed by atoms with Gasteiger partial charge in [-0.05, 0) is 49.2 Å². The molecule has 2 aliphatic heterocycles. The summed E-state index contributed by atoms with van der Waals surface area (Å²) in [5.41, 5.74) is 0.592. The highest BCUT2D eigenvalue weighted by atomic mass is 35.5. The molecule has 0 bridgehead atoms. The molecule has 6 nitrogen and oxygen atoms in total. The monoisotopic (exact) mass is 421 g/mol. The summed E-state index contributed by atoms with van der Waals surface area (Å²) in [5.74, 6) is -0.749. The molecule has 1 N–H and O–H groups in total. The maximum atomic E-state index is 13.9. The molecule has 1 saturated heterocycles. The number of nitrogens with one attached hydrogen (secondary N) is 1. The van der Waals surface area contributed by atoms with Gasteiger partial charge in [0.25, 0.3) is 15.9 Å². The van der Waals surface area contributed by atoms with Crippen LogP contribution in [0, 0.1) is 5.82 Å². The molecule has 146 valence electrons. The van der Waals surface area contributed by atoms with Crippen molar-refractivity contribution in [3.05, 3.63) is 52.8 Å². The highest BCUT2D eigenvalue weighted by Crippen LogP contribution is 2.35. The van der Waals surface area contributed by atoms with Crippen LogP contribution in [-0.4, -0.2) is 26.7 Å². The molecular formula is C19H17ClFN3O3S. The first-order valence-electron chi connectivity index (χ1n) is 8.87. The molecule has 0 unspecified atom stereocenters. The van der Waals surface area contributed by atoms with Gasteiger partial charge in [0.05, 0.1) is 11.4 Å². The Labute approximate surface area is 167 Å². The fourth-order valence-corrected chi connectivity index (χ4v) is 4.85. The van der Waals surface area contributed by atoms with E-state index in [1.165, 1.54) is 24.3 Å². The van der Waals surface area contributed by atoms with E-state index in [4.69, 9.17) is 11.6 Å². The van der Waals surface area contributed by atoms with Crippen LogP contribution >= 0.6 is 11.6 Å². The van der Waals surface area contributed by atoms with Crippen molar-refractivity contribution in [3.63, 3.8) is 0 Å². The van der Waals surface area contributed by atoms with Gasteiger partial charge in [-0.25, -0.2) is 4.39 Å². The molecule has 2 aromatic rings. The van der Waals surface area contributed by atoms with E-state index in [1.807, 2.05) is 4.90 Å². The number of anilines is 2. The highest BCUT2D eigenvalue weighted by molar-refractivity contribution is 7.90. The largest absolute Gasteiger partial charge is 0.328 e. The first-order valence-corrected chi connectivity index (χ1v) is 10.7. The third kappa shape index (κ3) is 3.49. The Hall–Kier alpha value is -2.45. The van der Waals surface area contributed by atoms with E-state index >= 15 is 0 Å². The molecule has 0 atom stereocenters. The molecule has 28 heavy (non-hydrogen) atoms. The summed E-state index contributed by atoms with van der Waals surface area (Å²) in [6, 6.07) is 8.32. The van der Waals surface area contributed by atoms with Crippen molar-refractivity contribution in [3.8, 4) is 0 Å². The van der Waals surface area contributed by atoms with Crippen LogP contribution < -0.4 is 10.2 Å². The lowest BCUT2D eigenvalue weighted by molar-refractivity contribution is 0.102. The SMILES string of the molecule is O=C(Nc1ccc(Cl)cc1F)c1ccc2c(c1)S(=O)(=O)N=C1CCCCCN12. The standard InChI is InChI=1S/C19H17ClFN3O3S/c20-13-6-7-15(14(21)11-13)22-19(25)12-5-8-16-17(10-12)28(26,27)23-18-4-2-1-3-9-24(16)18/h5-8,10-11H,1-4,9H2,(H,22,25). The first-order chi connectivity index (χ1) is 13.3. The van der Waals surface area contributed by atoms with E-state index in [1.54, 1.807) is 6.07 Å². The van der Waals surface area contributed by atoms with Crippen molar-refractivity contribution in [1.82, 2.24) is 0 Å². The molecule has 0 radical (unpaired) electrons. The summed E-state index contributed by atoms with van der Waals surface area (Å²) >= 11 is 5.71. The fourth-order valence-electron chi connectivity index (χ4n) is 3.41. The van der Waals surface area contributed by atoms with E-state index in [9.17, 15) is 17.6 Å². The van der Waals surface area contributed by atoms with Crippen LogP contribution in [0.1, 0.15) is 36.0 Å². The second-order valence-electron chi connectivity index (χ2n) is 6.71. The van der Waals surface area contributed by atoms with Gasteiger partial charge in [0.15, 0.2) is 0 Å². The van der Waals surface area contributed by atoms with E-state index in [0.717, 1.165) is 25.3 Å². The molecule has 0 spiro atoms. The first kappa shape index (κ1) is 18.9. The number of fused-ring (bicyclic) bond motifs is 3. The number of halogens is 2. The van der Waals surface area contributed by atoms with Crippen molar-refractivity contribution in [2.75, 3.05) is 16.8 Å². The normalized spacial score (nSPS) is 17.8. The molecule has 2 aliphatic rings. The third-order valence-corrected chi connectivity index (χ3v) is 6.36. The zero-order chi connectivity index (χ0) is 19.9. The van der Waals surface area contributed by atoms with Crippen molar-refractivity contribution in [1.29, 1.82) is 0 Å². The molecule has 2 aromatic carbocycles. The molecular weight excluding hydrogens is 405 g/mol. The predicted molar refractivity (Wildman–Crippen MR) is 106 cm³/mol. The zero-order valence-corrected chi connectivity index (χ0v) is 16.4. The average Bonchev–Trinajstić information content (AvgIpc) is 2.88. The quantitative estimate of drug-likeness (QED) is 0.787. The molecule has 0 saturated carbocycles. The van der Waals surface area contributed by atoms with Gasteiger partial charge in [0.1, 0.15) is 16.5 Å². The predicted octanol–water partition coefficient (Wildman–Crippen LogP) is 4.21. The molecule has 2 heterocycles. The molecule has 0 aliphatic carbocycles. The Balaban J connectivity index is 1.68. The number of rotatable bonds is 2. The number of amides is 1. The van der Waals surface area contributed by atoms with Crippen LogP contribution in [0.3, 0.4) is 0 Å². The van der Waals surface area contributed by atoms with Crippen LogP contribution in [-0.2, 0) is 10.0 Å². The molecule has 0 aromatic heterocycles. The summed E-state index contributed by atoms with van der Waals surface area (Å²) < 4.78 is 43.2. The van der Waals surface area contributed by atoms with Crippen molar-refractivity contribution in [2.45, 2.75) is 30.6 Å². The molecule has 4 rings (SSSR count). The maximum absolute atomic E-state index is 13.9. The fraction of sp³-hybridized carbons (Fsp3) is 0.263. The van der Waals surface area contributed by atoms with Crippen LogP contribution in [0.15, 0.2) is 45.7 Å². The second kappa shape index (κ2) is 7.18. The average molecular weight is 422 g/mol. The van der Waals surface area contributed by atoms with Crippen LogP contribution in [0.25, 0.3) is 0 Å². The number of carbonyl (C=O) groups excluding carboxylic acids is 1. The lowest BCUT2D eigenvalue weighted by Crippen LogP contribution is -2.35. The topological polar surface area (TPSA) is 78.8 Å². The van der Waals surface area contributed by atoms with Crippen LogP contribution in [0.4, 0.5) is 15.8 Å². The zero-order valence-electron chi connectivity index (χ0n) is 14.8. The summed E-state index contributed by atoms with van der Waals surface area (Å²) in [6.45, 7) is 0.683. The Morgan fingerprint density at radius 1 is 1.14 bits per heavy atom. The summed E-state index contributed by atoms with van der Waals surface area (Å²) in [7, 11) is -3.90. The Bertz CT molecular complexity index is 1100. The van der Waals surface area contributed by atoms with E-state index in [-0.39, 0.29) is 21.2 Å². The van der Waals surface area contributed by atoms with Gasteiger partial charge in [-0.3, -0.25) is 4.79 Å². The van der Waals surface area contributed by atoms with Gasteiger partial charge < -0.3 is 10.2 Å². The number of carbonyl (C=O) groups is 1. The van der Waals surface area contributed by atoms with Gasteiger partial charge >= 0.3 is 0 Å². The summed E-state index contributed by atoms with van der Waals surface area (Å²) in [5, 5.41) is 2.65. The lowest BCUT2D eigenvalue weighted by atomic mass is 10.1. The minimum atomic E-state index is -3.90. The van der Waals surface area contributed by atoms with Crippen molar-refractivity contribution in [2.24, 2.45) is 4.40 Å². The number of hydrogen-bond donors (Lipinski definition) is 1. The minimum absolute atomic E-state index is 0.0117. The highest BCUT2D eigenvalue weighted by Gasteiger charge is 2.32.